The predicted molar refractivity (Wildman–Crippen MR) is 107 cm³/mol. The minimum Gasteiger partial charge on any atom is -0.342 e. The molecule has 2 aromatic heterocycles. The summed E-state index contributed by atoms with van der Waals surface area (Å²) >= 11 is 0. The Morgan fingerprint density at radius 2 is 1.79 bits per heavy atom. The van der Waals surface area contributed by atoms with Crippen LogP contribution in [0.5, 0.6) is 0 Å². The van der Waals surface area contributed by atoms with Gasteiger partial charge in [0.1, 0.15) is 11.6 Å². The minimum atomic E-state index is 0.102. The fourth-order valence-electron chi connectivity index (χ4n) is 4.95. The molecule has 1 aliphatic carbocycles. The number of carbonyl (C=O) groups is 1. The van der Waals surface area contributed by atoms with Crippen LogP contribution in [-0.4, -0.2) is 48.2 Å². The molecule has 0 N–H and O–H groups in total. The van der Waals surface area contributed by atoms with Crippen molar-refractivity contribution < 1.29 is 4.79 Å². The van der Waals surface area contributed by atoms with Crippen LogP contribution in [0.1, 0.15) is 63.9 Å². The van der Waals surface area contributed by atoms with Crippen molar-refractivity contribution in [2.45, 2.75) is 59.9 Å². The molecule has 1 aliphatic heterocycles. The quantitative estimate of drug-likeness (QED) is 0.813. The molecule has 0 atom stereocenters. The molecule has 28 heavy (non-hydrogen) atoms. The zero-order valence-electron chi connectivity index (χ0n) is 17.9. The molecule has 0 spiro atoms. The maximum absolute atomic E-state index is 13.0. The second kappa shape index (κ2) is 6.42. The molecule has 0 aromatic carbocycles. The summed E-state index contributed by atoms with van der Waals surface area (Å²) in [6, 6.07) is 0. The summed E-state index contributed by atoms with van der Waals surface area (Å²) in [6.45, 7) is 13.2. The van der Waals surface area contributed by atoms with Crippen LogP contribution in [0.25, 0.3) is 0 Å². The molecule has 3 heterocycles. The highest BCUT2D eigenvalue weighted by atomic mass is 16.2. The van der Waals surface area contributed by atoms with Gasteiger partial charge in [-0.05, 0) is 30.6 Å². The number of carbonyl (C=O) groups excluding carboxylic acids is 1. The highest BCUT2D eigenvalue weighted by molar-refractivity contribution is 5.84. The van der Waals surface area contributed by atoms with Gasteiger partial charge in [-0.1, -0.05) is 27.7 Å². The SMILES string of the molecule is Cc1nccn1Cc1nnc(C2CCN(C(=O)C3C(C)(C)C3(C)C)CC2)n1C. The van der Waals surface area contributed by atoms with Gasteiger partial charge in [0.2, 0.25) is 5.91 Å². The first kappa shape index (κ1) is 19.2. The first-order valence-electron chi connectivity index (χ1n) is 10.3. The van der Waals surface area contributed by atoms with Crippen LogP contribution in [0, 0.1) is 23.7 Å². The van der Waals surface area contributed by atoms with Gasteiger partial charge in [0.05, 0.1) is 6.54 Å². The molecule has 0 unspecified atom stereocenters. The summed E-state index contributed by atoms with van der Waals surface area (Å²) in [5, 5.41) is 8.91. The Bertz CT molecular complexity index is 871. The van der Waals surface area contributed by atoms with E-state index in [1.54, 1.807) is 0 Å². The molecule has 7 nitrogen and oxygen atoms in total. The summed E-state index contributed by atoms with van der Waals surface area (Å²) < 4.78 is 4.20. The number of nitrogens with zero attached hydrogens (tertiary/aromatic N) is 6. The monoisotopic (exact) mass is 384 g/mol. The Morgan fingerprint density at radius 1 is 1.14 bits per heavy atom. The van der Waals surface area contributed by atoms with Crippen molar-refractivity contribution in [2.75, 3.05) is 13.1 Å². The standard InChI is InChI=1S/C21H32N6O/c1-14-22-9-12-27(14)13-16-23-24-18(25(16)6)15-7-10-26(11-8-15)19(28)17-20(2,3)21(17,4)5/h9,12,15,17H,7-8,10-11,13H2,1-6H3. The average molecular weight is 385 g/mol. The molecule has 1 saturated carbocycles. The molecule has 1 saturated heterocycles. The smallest absolute Gasteiger partial charge is 0.226 e. The van der Waals surface area contributed by atoms with Gasteiger partial charge >= 0.3 is 0 Å². The highest BCUT2D eigenvalue weighted by Gasteiger charge is 2.68. The van der Waals surface area contributed by atoms with E-state index in [1.165, 1.54) is 0 Å². The largest absolute Gasteiger partial charge is 0.342 e. The third-order valence-electron chi connectivity index (χ3n) is 7.67. The Balaban J connectivity index is 1.39. The second-order valence-electron chi connectivity index (χ2n) is 9.61. The summed E-state index contributed by atoms with van der Waals surface area (Å²) in [7, 11) is 2.05. The zero-order valence-corrected chi connectivity index (χ0v) is 17.9. The van der Waals surface area contributed by atoms with E-state index in [0.29, 0.717) is 18.4 Å². The Labute approximate surface area is 167 Å². The maximum Gasteiger partial charge on any atom is 0.226 e. The van der Waals surface area contributed by atoms with Crippen LogP contribution in [0.4, 0.5) is 0 Å². The Kier molecular flexibility index (Phi) is 4.39. The zero-order chi connectivity index (χ0) is 20.3. The van der Waals surface area contributed by atoms with Crippen LogP contribution in [0.15, 0.2) is 12.4 Å². The highest BCUT2D eigenvalue weighted by Crippen LogP contribution is 2.68. The lowest BCUT2D eigenvalue weighted by Gasteiger charge is -2.32. The number of aromatic nitrogens is 5. The number of rotatable bonds is 4. The lowest BCUT2D eigenvalue weighted by atomic mass is 9.95. The fourth-order valence-corrected chi connectivity index (χ4v) is 4.95. The van der Waals surface area contributed by atoms with Crippen LogP contribution in [0.3, 0.4) is 0 Å². The summed E-state index contributed by atoms with van der Waals surface area (Å²) in [5.41, 5.74) is 0.204. The van der Waals surface area contributed by atoms with Gasteiger partial charge in [-0.2, -0.15) is 0 Å². The van der Waals surface area contributed by atoms with E-state index >= 15 is 0 Å². The van der Waals surface area contributed by atoms with E-state index < -0.39 is 0 Å². The third-order valence-corrected chi connectivity index (χ3v) is 7.67. The third kappa shape index (κ3) is 2.86. The average Bonchev–Trinajstić information content (AvgIpc) is 3.01. The molecule has 4 rings (SSSR count). The number of amides is 1. The molecule has 0 bridgehead atoms. The van der Waals surface area contributed by atoms with Gasteiger partial charge in [0, 0.05) is 44.4 Å². The number of imidazole rings is 1. The van der Waals surface area contributed by atoms with E-state index in [-0.39, 0.29) is 16.7 Å². The number of likely N-dealkylation sites (tertiary alicyclic amines) is 1. The van der Waals surface area contributed by atoms with Crippen molar-refractivity contribution in [1.82, 2.24) is 29.2 Å². The molecule has 2 aromatic rings. The van der Waals surface area contributed by atoms with E-state index in [0.717, 1.165) is 43.4 Å². The summed E-state index contributed by atoms with van der Waals surface area (Å²) in [5.74, 6) is 3.80. The van der Waals surface area contributed by atoms with Crippen LogP contribution >= 0.6 is 0 Å². The molecule has 152 valence electrons. The van der Waals surface area contributed by atoms with Crippen molar-refractivity contribution >= 4 is 5.91 Å². The maximum atomic E-state index is 13.0. The van der Waals surface area contributed by atoms with Crippen molar-refractivity contribution in [3.63, 3.8) is 0 Å². The van der Waals surface area contributed by atoms with Gasteiger partial charge in [0.25, 0.3) is 0 Å². The van der Waals surface area contributed by atoms with Crippen molar-refractivity contribution in [1.29, 1.82) is 0 Å². The molecular formula is C21H32N6O. The normalized spacial score (nSPS) is 21.9. The van der Waals surface area contributed by atoms with Crippen molar-refractivity contribution in [3.8, 4) is 0 Å². The number of hydrogen-bond donors (Lipinski definition) is 0. The molecule has 1 amide bonds. The van der Waals surface area contributed by atoms with E-state index in [2.05, 4.69) is 56.9 Å². The fraction of sp³-hybridized carbons (Fsp3) is 0.714. The Hall–Kier alpha value is -2.18. The predicted octanol–water partition coefficient (Wildman–Crippen LogP) is 2.76. The van der Waals surface area contributed by atoms with Crippen LogP contribution in [0.2, 0.25) is 0 Å². The number of piperidine rings is 1. The first-order chi connectivity index (χ1) is 13.1. The summed E-state index contributed by atoms with van der Waals surface area (Å²) in [4.78, 5) is 19.3. The van der Waals surface area contributed by atoms with Crippen molar-refractivity contribution in [3.05, 3.63) is 29.9 Å². The molecule has 2 aliphatic rings. The lowest BCUT2D eigenvalue weighted by Crippen LogP contribution is -2.40. The van der Waals surface area contributed by atoms with Gasteiger partial charge in [-0.25, -0.2) is 4.98 Å². The molecular weight excluding hydrogens is 352 g/mol. The first-order valence-corrected chi connectivity index (χ1v) is 10.3. The van der Waals surface area contributed by atoms with E-state index in [4.69, 9.17) is 0 Å². The van der Waals surface area contributed by atoms with Crippen molar-refractivity contribution in [2.24, 2.45) is 23.8 Å². The van der Waals surface area contributed by atoms with Gasteiger partial charge < -0.3 is 14.0 Å². The number of hydrogen-bond acceptors (Lipinski definition) is 4. The minimum absolute atomic E-state index is 0.102. The molecule has 7 heteroatoms. The second-order valence-corrected chi connectivity index (χ2v) is 9.61. The number of aryl methyl sites for hydroxylation is 1. The van der Waals surface area contributed by atoms with E-state index in [9.17, 15) is 4.79 Å². The Morgan fingerprint density at radius 3 is 2.32 bits per heavy atom. The molecule has 0 radical (unpaired) electrons. The molecule has 2 fully saturated rings. The van der Waals surface area contributed by atoms with Gasteiger partial charge in [-0.15, -0.1) is 10.2 Å². The summed E-state index contributed by atoms with van der Waals surface area (Å²) in [6.07, 6.45) is 5.68. The van der Waals surface area contributed by atoms with E-state index in [1.807, 2.05) is 26.4 Å². The van der Waals surface area contributed by atoms with Gasteiger partial charge in [-0.3, -0.25) is 4.79 Å². The van der Waals surface area contributed by atoms with Gasteiger partial charge in [0.15, 0.2) is 5.82 Å². The lowest BCUT2D eigenvalue weighted by molar-refractivity contribution is -0.134. The topological polar surface area (TPSA) is 68.8 Å². The van der Waals surface area contributed by atoms with Crippen LogP contribution in [-0.2, 0) is 18.4 Å². The van der Waals surface area contributed by atoms with Crippen LogP contribution < -0.4 is 0 Å².